The molecule has 0 atom stereocenters. The Hall–Kier alpha value is -1.66. The number of hydrogen-bond donors (Lipinski definition) is 0. The predicted octanol–water partition coefficient (Wildman–Crippen LogP) is -0.0680. The molecule has 0 amide bonds. The van der Waals surface area contributed by atoms with Crippen LogP contribution in [0.2, 0.25) is 0 Å². The highest BCUT2D eigenvalue weighted by Gasteiger charge is 2.04. The molecular formula is C9H6N2. The second-order valence-electron chi connectivity index (χ2n) is 2.44. The summed E-state index contributed by atoms with van der Waals surface area (Å²) in [5.41, 5.74) is 9.08. The van der Waals surface area contributed by atoms with E-state index in [-0.39, 0.29) is 0 Å². The average Bonchev–Trinajstić information content (AvgIpc) is 2.46. The maximum absolute atomic E-state index is 8.46. The average molecular weight is 142 g/mol. The Labute approximate surface area is 63.7 Å². The minimum atomic E-state index is 0.617. The molecule has 1 aromatic carbocycles. The van der Waals surface area contributed by atoms with Gasteiger partial charge in [0.1, 0.15) is 0 Å². The first kappa shape index (κ1) is 6.08. The molecule has 0 saturated carbocycles. The van der Waals surface area contributed by atoms with Crippen LogP contribution < -0.4 is 10.4 Å². The lowest BCUT2D eigenvalue weighted by molar-refractivity contribution is 0.00120. The van der Waals surface area contributed by atoms with Crippen molar-refractivity contribution in [1.82, 2.24) is 0 Å². The number of benzene rings is 1. The molecule has 1 aliphatic rings. The zero-order valence-electron chi connectivity index (χ0n) is 5.86. The minimum Gasteiger partial charge on any atom is -0.361 e. The molecule has 0 radical (unpaired) electrons. The largest absolute Gasteiger partial charge is 0.361 e. The third-order valence-corrected chi connectivity index (χ3v) is 1.72. The van der Waals surface area contributed by atoms with Gasteiger partial charge in [-0.15, -0.1) is 0 Å². The zero-order chi connectivity index (χ0) is 7.68. The molecule has 0 saturated heterocycles. The van der Waals surface area contributed by atoms with Gasteiger partial charge >= 0.3 is 5.71 Å². The summed E-state index contributed by atoms with van der Waals surface area (Å²) in [6.07, 6.45) is 3.69. The van der Waals surface area contributed by atoms with Crippen LogP contribution in [0.4, 0.5) is 0 Å². The maximum atomic E-state index is 8.46. The van der Waals surface area contributed by atoms with Gasteiger partial charge in [0, 0.05) is 12.2 Å². The van der Waals surface area contributed by atoms with E-state index in [0.29, 0.717) is 5.71 Å². The van der Waals surface area contributed by atoms with Crippen LogP contribution in [-0.4, -0.2) is 10.5 Å². The summed E-state index contributed by atoms with van der Waals surface area (Å²) >= 11 is 0. The van der Waals surface area contributed by atoms with Crippen LogP contribution in [0.1, 0.15) is 0 Å². The van der Waals surface area contributed by atoms with Crippen molar-refractivity contribution in [3.05, 3.63) is 40.2 Å². The molecule has 52 valence electrons. The third kappa shape index (κ3) is 0.896. The Morgan fingerprint density at radius 3 is 2.00 bits per heavy atom. The van der Waals surface area contributed by atoms with Crippen molar-refractivity contribution in [1.29, 1.82) is 0 Å². The standard InChI is InChI=1S/C9H6N2/c10-11-9-5-7-3-1-2-4-8(7)6-9/h1-6H. The van der Waals surface area contributed by atoms with Gasteiger partial charge in [-0.25, -0.2) is 0 Å². The first-order valence-corrected chi connectivity index (χ1v) is 3.41. The Kier molecular flexibility index (Phi) is 1.21. The fraction of sp³-hybridized carbons (Fsp3) is 0. The molecule has 0 aliphatic heterocycles. The minimum absolute atomic E-state index is 0.617. The molecule has 0 heterocycles. The smallest absolute Gasteiger partial charge is 0.316 e. The van der Waals surface area contributed by atoms with Gasteiger partial charge in [0.25, 0.3) is 0 Å². The Bertz CT molecular complexity index is 414. The summed E-state index contributed by atoms with van der Waals surface area (Å²) in [7, 11) is 0. The normalized spacial score (nSPS) is 12.9. The van der Waals surface area contributed by atoms with Gasteiger partial charge in [0.15, 0.2) is 0 Å². The van der Waals surface area contributed by atoms with E-state index in [1.165, 1.54) is 0 Å². The van der Waals surface area contributed by atoms with Crippen molar-refractivity contribution in [2.24, 2.45) is 0 Å². The van der Waals surface area contributed by atoms with Crippen molar-refractivity contribution in [3.63, 3.8) is 0 Å². The molecule has 0 spiro atoms. The van der Waals surface area contributed by atoms with E-state index in [9.17, 15) is 0 Å². The lowest BCUT2D eigenvalue weighted by Crippen LogP contribution is -2.19. The van der Waals surface area contributed by atoms with Crippen LogP contribution in [-0.2, 0) is 0 Å². The lowest BCUT2D eigenvalue weighted by Gasteiger charge is -1.78. The number of rotatable bonds is 0. The quantitative estimate of drug-likeness (QED) is 0.359. The van der Waals surface area contributed by atoms with E-state index in [1.807, 2.05) is 36.4 Å². The van der Waals surface area contributed by atoms with Crippen LogP contribution in [0.5, 0.6) is 0 Å². The fourth-order valence-corrected chi connectivity index (χ4v) is 1.19. The van der Waals surface area contributed by atoms with Gasteiger partial charge in [0.2, 0.25) is 0 Å². The van der Waals surface area contributed by atoms with E-state index in [4.69, 9.17) is 5.53 Å². The molecule has 0 N–H and O–H groups in total. The van der Waals surface area contributed by atoms with E-state index >= 15 is 0 Å². The summed E-state index contributed by atoms with van der Waals surface area (Å²) in [5.74, 6) is 0. The van der Waals surface area contributed by atoms with Crippen molar-refractivity contribution >= 4 is 17.9 Å². The molecule has 2 heteroatoms. The molecule has 11 heavy (non-hydrogen) atoms. The third-order valence-electron chi connectivity index (χ3n) is 1.72. The van der Waals surface area contributed by atoms with Crippen LogP contribution in [0.15, 0.2) is 24.3 Å². The van der Waals surface area contributed by atoms with Crippen LogP contribution in [0.25, 0.3) is 17.7 Å². The van der Waals surface area contributed by atoms with Gasteiger partial charge in [-0.05, 0) is 10.4 Å². The molecule has 2 rings (SSSR count). The van der Waals surface area contributed by atoms with Crippen LogP contribution in [0.3, 0.4) is 0 Å². The van der Waals surface area contributed by atoms with E-state index < -0.39 is 0 Å². The SMILES string of the molecule is [N-]=[N+]=C1C=c2ccccc2=C1. The monoisotopic (exact) mass is 142 g/mol. The lowest BCUT2D eigenvalue weighted by atomic mass is 10.3. The Morgan fingerprint density at radius 2 is 1.55 bits per heavy atom. The van der Waals surface area contributed by atoms with Crippen molar-refractivity contribution in [2.75, 3.05) is 0 Å². The van der Waals surface area contributed by atoms with E-state index in [2.05, 4.69) is 4.79 Å². The van der Waals surface area contributed by atoms with Gasteiger partial charge in [-0.3, -0.25) is 0 Å². The van der Waals surface area contributed by atoms with Crippen LogP contribution >= 0.6 is 0 Å². The van der Waals surface area contributed by atoms with E-state index in [1.54, 1.807) is 0 Å². The summed E-state index contributed by atoms with van der Waals surface area (Å²) in [6.45, 7) is 0. The second kappa shape index (κ2) is 2.19. The molecule has 1 aliphatic carbocycles. The highest BCUT2D eigenvalue weighted by Crippen LogP contribution is 1.83. The summed E-state index contributed by atoms with van der Waals surface area (Å²) < 4.78 is 0. The first-order valence-electron chi connectivity index (χ1n) is 3.41. The van der Waals surface area contributed by atoms with Gasteiger partial charge in [0.05, 0.1) is 0 Å². The molecule has 0 bridgehead atoms. The van der Waals surface area contributed by atoms with Gasteiger partial charge in [-0.2, -0.15) is 4.79 Å². The van der Waals surface area contributed by atoms with Crippen molar-refractivity contribution in [3.8, 4) is 0 Å². The summed E-state index contributed by atoms with van der Waals surface area (Å²) in [6, 6.07) is 7.90. The molecular weight excluding hydrogens is 136 g/mol. The topological polar surface area (TPSA) is 36.4 Å². The Balaban J connectivity index is 2.91. The number of fused-ring (bicyclic) bond motifs is 1. The Morgan fingerprint density at radius 1 is 1.00 bits per heavy atom. The highest BCUT2D eigenvalue weighted by atomic mass is 14.8. The highest BCUT2D eigenvalue weighted by molar-refractivity contribution is 6.26. The summed E-state index contributed by atoms with van der Waals surface area (Å²) in [5, 5.41) is 2.22. The summed E-state index contributed by atoms with van der Waals surface area (Å²) in [4.78, 5) is 3.11. The first-order chi connectivity index (χ1) is 5.40. The zero-order valence-corrected chi connectivity index (χ0v) is 5.86. The van der Waals surface area contributed by atoms with E-state index in [0.717, 1.165) is 10.4 Å². The van der Waals surface area contributed by atoms with Crippen molar-refractivity contribution in [2.45, 2.75) is 0 Å². The molecule has 0 unspecified atom stereocenters. The number of nitrogens with zero attached hydrogens (tertiary/aromatic N) is 2. The molecule has 0 aromatic heterocycles. The van der Waals surface area contributed by atoms with Gasteiger partial charge < -0.3 is 5.53 Å². The molecule has 1 aromatic rings. The second-order valence-corrected chi connectivity index (χ2v) is 2.44. The molecule has 2 nitrogen and oxygen atoms in total. The van der Waals surface area contributed by atoms with Crippen LogP contribution in [0, 0.1) is 0 Å². The fourth-order valence-electron chi connectivity index (χ4n) is 1.19. The van der Waals surface area contributed by atoms with Crippen molar-refractivity contribution < 1.29 is 4.79 Å². The predicted molar refractivity (Wildman–Crippen MR) is 43.2 cm³/mol. The number of hydrogen-bond acceptors (Lipinski definition) is 0. The van der Waals surface area contributed by atoms with Gasteiger partial charge in [-0.1, -0.05) is 24.3 Å². The molecule has 0 fully saturated rings. The maximum Gasteiger partial charge on any atom is 0.316 e.